The number of aromatic nitrogens is 1. The van der Waals surface area contributed by atoms with Crippen molar-refractivity contribution in [3.05, 3.63) is 28.3 Å². The van der Waals surface area contributed by atoms with E-state index in [0.29, 0.717) is 30.0 Å². The molecule has 1 saturated heterocycles. The molecule has 8 nitrogen and oxygen atoms in total. The van der Waals surface area contributed by atoms with Gasteiger partial charge in [0.25, 0.3) is 0 Å². The predicted octanol–water partition coefficient (Wildman–Crippen LogP) is 2.68. The fourth-order valence-electron chi connectivity index (χ4n) is 3.99. The van der Waals surface area contributed by atoms with E-state index in [1.54, 1.807) is 4.57 Å². The minimum atomic E-state index is -1.59. The molecule has 29 heavy (non-hydrogen) atoms. The SMILES string of the molecule is C[C@@H]1n2cc(OC(=O)O)c(=O)c3cc(F)c(N4CCN(C)CC4)c(c32)OC1(C)C. The van der Waals surface area contributed by atoms with Crippen LogP contribution in [0, 0.1) is 5.82 Å². The maximum absolute atomic E-state index is 15.3. The molecule has 2 aliphatic heterocycles. The lowest BCUT2D eigenvalue weighted by Crippen LogP contribution is -2.46. The van der Waals surface area contributed by atoms with Crippen LogP contribution in [0.3, 0.4) is 0 Å². The first-order valence-electron chi connectivity index (χ1n) is 9.55. The van der Waals surface area contributed by atoms with Gasteiger partial charge < -0.3 is 28.9 Å². The van der Waals surface area contributed by atoms with Gasteiger partial charge in [0.15, 0.2) is 17.3 Å². The Balaban J connectivity index is 2.01. The molecule has 1 N–H and O–H groups in total. The highest BCUT2D eigenvalue weighted by molar-refractivity contribution is 5.93. The molecule has 1 fully saturated rings. The summed E-state index contributed by atoms with van der Waals surface area (Å²) in [6.07, 6.45) is -0.217. The summed E-state index contributed by atoms with van der Waals surface area (Å²) in [5.41, 5.74) is -0.607. The van der Waals surface area contributed by atoms with Crippen LogP contribution >= 0.6 is 0 Å². The van der Waals surface area contributed by atoms with E-state index in [1.165, 1.54) is 6.20 Å². The number of likely N-dealkylation sites (N-methyl/N-ethyl adjacent to an activating group) is 1. The molecule has 3 heterocycles. The fraction of sp³-hybridized carbons (Fsp3) is 0.500. The van der Waals surface area contributed by atoms with Crippen molar-refractivity contribution in [2.45, 2.75) is 32.4 Å². The third-order valence-corrected chi connectivity index (χ3v) is 5.97. The molecule has 0 saturated carbocycles. The van der Waals surface area contributed by atoms with Crippen molar-refractivity contribution in [2.24, 2.45) is 0 Å². The first kappa shape index (κ1) is 19.5. The Bertz CT molecular complexity index is 1060. The number of piperazine rings is 1. The number of hydrogen-bond acceptors (Lipinski definition) is 6. The van der Waals surface area contributed by atoms with Gasteiger partial charge >= 0.3 is 6.16 Å². The summed E-state index contributed by atoms with van der Waals surface area (Å²) < 4.78 is 28.0. The van der Waals surface area contributed by atoms with Crippen LogP contribution in [-0.2, 0) is 0 Å². The van der Waals surface area contributed by atoms with Crippen LogP contribution in [0.15, 0.2) is 17.1 Å². The zero-order valence-electron chi connectivity index (χ0n) is 16.9. The Morgan fingerprint density at radius 2 is 1.97 bits per heavy atom. The van der Waals surface area contributed by atoms with Gasteiger partial charge in [0.1, 0.15) is 11.3 Å². The van der Waals surface area contributed by atoms with Gasteiger partial charge in [-0.05, 0) is 33.9 Å². The van der Waals surface area contributed by atoms with Crippen molar-refractivity contribution in [1.29, 1.82) is 0 Å². The Morgan fingerprint density at radius 1 is 1.31 bits per heavy atom. The van der Waals surface area contributed by atoms with Crippen molar-refractivity contribution in [3.63, 3.8) is 0 Å². The Hall–Kier alpha value is -2.81. The van der Waals surface area contributed by atoms with E-state index in [2.05, 4.69) is 9.64 Å². The Labute approximate surface area is 167 Å². The maximum atomic E-state index is 15.3. The largest absolute Gasteiger partial charge is 0.511 e. The van der Waals surface area contributed by atoms with Gasteiger partial charge in [-0.25, -0.2) is 9.18 Å². The molecule has 1 aromatic heterocycles. The number of hydrogen-bond donors (Lipinski definition) is 1. The Morgan fingerprint density at radius 3 is 2.59 bits per heavy atom. The molecular weight excluding hydrogens is 381 g/mol. The third kappa shape index (κ3) is 3.09. The second-order valence-corrected chi connectivity index (χ2v) is 8.20. The summed E-state index contributed by atoms with van der Waals surface area (Å²) in [6, 6.07) is 0.911. The number of anilines is 1. The number of carboxylic acid groups (broad SMARTS) is 1. The van der Waals surface area contributed by atoms with Gasteiger partial charge in [-0.3, -0.25) is 4.79 Å². The fourth-order valence-corrected chi connectivity index (χ4v) is 3.99. The number of pyridine rings is 1. The summed E-state index contributed by atoms with van der Waals surface area (Å²) in [7, 11) is 2.01. The third-order valence-electron chi connectivity index (χ3n) is 5.97. The molecule has 0 spiro atoms. The van der Waals surface area contributed by atoms with Crippen LogP contribution in [0.25, 0.3) is 10.9 Å². The van der Waals surface area contributed by atoms with E-state index in [0.717, 1.165) is 19.2 Å². The average Bonchev–Trinajstić information content (AvgIpc) is 2.63. The lowest BCUT2D eigenvalue weighted by Gasteiger charge is -2.42. The van der Waals surface area contributed by atoms with Gasteiger partial charge in [0, 0.05) is 26.2 Å². The lowest BCUT2D eigenvalue weighted by molar-refractivity contribution is 0.0480. The van der Waals surface area contributed by atoms with Crippen molar-refractivity contribution in [3.8, 4) is 11.5 Å². The number of nitrogens with zero attached hydrogens (tertiary/aromatic N) is 3. The van der Waals surface area contributed by atoms with E-state index < -0.39 is 23.0 Å². The van der Waals surface area contributed by atoms with Crippen LogP contribution in [0.1, 0.15) is 26.8 Å². The van der Waals surface area contributed by atoms with E-state index >= 15 is 4.39 Å². The molecule has 156 valence electrons. The summed E-state index contributed by atoms with van der Waals surface area (Å²) >= 11 is 0. The molecule has 0 aliphatic carbocycles. The van der Waals surface area contributed by atoms with Crippen molar-refractivity contribution >= 4 is 22.7 Å². The number of halogens is 1. The quantitative estimate of drug-likeness (QED) is 0.769. The molecular formula is C20H24FN3O5. The average molecular weight is 405 g/mol. The molecule has 0 bridgehead atoms. The van der Waals surface area contributed by atoms with E-state index in [4.69, 9.17) is 9.84 Å². The highest BCUT2D eigenvalue weighted by Gasteiger charge is 2.39. The van der Waals surface area contributed by atoms with Crippen molar-refractivity contribution in [2.75, 3.05) is 38.1 Å². The van der Waals surface area contributed by atoms with E-state index in [1.807, 2.05) is 32.7 Å². The summed E-state index contributed by atoms with van der Waals surface area (Å²) in [6.45, 7) is 8.49. The molecule has 0 radical (unpaired) electrons. The smallest absolute Gasteiger partial charge is 0.481 e. The number of ether oxygens (including phenoxy) is 2. The van der Waals surface area contributed by atoms with Crippen LogP contribution in [0.5, 0.6) is 11.5 Å². The first-order chi connectivity index (χ1) is 13.6. The minimum absolute atomic E-state index is 0.0384. The second kappa shape index (κ2) is 6.62. The monoisotopic (exact) mass is 405 g/mol. The molecule has 9 heteroatoms. The van der Waals surface area contributed by atoms with Crippen LogP contribution in [-0.4, -0.2) is 59.6 Å². The molecule has 1 atom stereocenters. The van der Waals surface area contributed by atoms with Gasteiger partial charge in [0.2, 0.25) is 5.43 Å². The predicted molar refractivity (Wildman–Crippen MR) is 106 cm³/mol. The lowest BCUT2D eigenvalue weighted by atomic mass is 9.95. The van der Waals surface area contributed by atoms with Crippen LogP contribution in [0.2, 0.25) is 0 Å². The van der Waals surface area contributed by atoms with Crippen molar-refractivity contribution < 1.29 is 23.8 Å². The topological polar surface area (TPSA) is 84.2 Å². The Kier molecular flexibility index (Phi) is 4.45. The summed E-state index contributed by atoms with van der Waals surface area (Å²) in [5.74, 6) is -0.614. The van der Waals surface area contributed by atoms with E-state index in [-0.39, 0.29) is 17.2 Å². The highest BCUT2D eigenvalue weighted by atomic mass is 19.1. The molecule has 4 rings (SSSR count). The summed E-state index contributed by atoms with van der Waals surface area (Å²) in [4.78, 5) is 27.9. The zero-order chi connectivity index (χ0) is 21.1. The van der Waals surface area contributed by atoms with Crippen LogP contribution < -0.4 is 19.8 Å². The number of rotatable bonds is 2. The van der Waals surface area contributed by atoms with E-state index in [9.17, 15) is 9.59 Å². The maximum Gasteiger partial charge on any atom is 0.511 e. The molecule has 0 amide bonds. The second-order valence-electron chi connectivity index (χ2n) is 8.20. The number of carbonyl (C=O) groups is 1. The molecule has 2 aliphatic rings. The zero-order valence-corrected chi connectivity index (χ0v) is 16.9. The highest BCUT2D eigenvalue weighted by Crippen LogP contribution is 2.47. The van der Waals surface area contributed by atoms with Gasteiger partial charge in [-0.2, -0.15) is 0 Å². The van der Waals surface area contributed by atoms with Crippen LogP contribution in [0.4, 0.5) is 14.9 Å². The van der Waals surface area contributed by atoms with Crippen molar-refractivity contribution in [1.82, 2.24) is 9.47 Å². The van der Waals surface area contributed by atoms with Gasteiger partial charge in [-0.1, -0.05) is 0 Å². The van der Waals surface area contributed by atoms with Gasteiger partial charge in [-0.15, -0.1) is 0 Å². The first-order valence-corrected chi connectivity index (χ1v) is 9.55. The van der Waals surface area contributed by atoms with Gasteiger partial charge in [0.05, 0.1) is 23.1 Å². The molecule has 2 aromatic rings. The standard InChI is InChI=1S/C20H24FN3O5/c1-11-20(2,3)29-18-15-12(17(25)14(10-24(11)15)28-19(26)27)9-13(21)16(18)23-7-5-22(4)6-8-23/h9-11H,5-8H2,1-4H3,(H,26,27)/t11-/m0/s1. The minimum Gasteiger partial charge on any atom is -0.481 e. The number of benzene rings is 1. The molecule has 1 aromatic carbocycles. The summed E-state index contributed by atoms with van der Waals surface area (Å²) in [5, 5.41) is 9.01. The molecule has 0 unspecified atom stereocenters. The normalized spacial score (nSPS) is 21.1.